The van der Waals surface area contributed by atoms with Crippen molar-refractivity contribution >= 4 is 49.3 Å². The van der Waals surface area contributed by atoms with Crippen molar-refractivity contribution in [1.29, 1.82) is 0 Å². The smallest absolute Gasteiger partial charge is 0.0541 e. The molecule has 5 aromatic carbocycles. The van der Waals surface area contributed by atoms with E-state index < -0.39 is 0 Å². The van der Waals surface area contributed by atoms with Gasteiger partial charge in [0.05, 0.1) is 22.1 Å². The molecule has 0 bridgehead atoms. The third-order valence-corrected chi connectivity index (χ3v) is 8.76. The molecule has 1 aliphatic rings. The molecule has 0 amide bonds. The lowest BCUT2D eigenvalue weighted by Crippen LogP contribution is -2.12. The molecular formula is C38H30N2. The second kappa shape index (κ2) is 8.86. The van der Waals surface area contributed by atoms with E-state index in [4.69, 9.17) is 0 Å². The molecule has 0 N–H and O–H groups in total. The summed E-state index contributed by atoms with van der Waals surface area (Å²) in [6.45, 7) is 4.61. The van der Waals surface area contributed by atoms with Gasteiger partial charge in [-0.2, -0.15) is 0 Å². The maximum Gasteiger partial charge on any atom is 0.0541 e. The van der Waals surface area contributed by atoms with Crippen molar-refractivity contribution in [3.63, 3.8) is 0 Å². The molecule has 0 aliphatic heterocycles. The Hall–Kier alpha value is -4.82. The van der Waals surface area contributed by atoms with Crippen molar-refractivity contribution in [3.05, 3.63) is 145 Å². The Morgan fingerprint density at radius 3 is 1.50 bits per heavy atom. The van der Waals surface area contributed by atoms with Gasteiger partial charge in [0, 0.05) is 38.8 Å². The van der Waals surface area contributed by atoms with E-state index in [2.05, 4.69) is 156 Å². The summed E-state index contributed by atoms with van der Waals surface area (Å²) in [5.74, 6) is 0.710. The molecule has 2 heteroatoms. The van der Waals surface area contributed by atoms with Crippen LogP contribution in [0.4, 0.5) is 0 Å². The van der Waals surface area contributed by atoms with Gasteiger partial charge in [0.25, 0.3) is 0 Å². The van der Waals surface area contributed by atoms with Crippen molar-refractivity contribution in [2.75, 3.05) is 0 Å². The lowest BCUT2D eigenvalue weighted by molar-refractivity contribution is 0.632. The second-order valence-corrected chi connectivity index (χ2v) is 11.1. The summed E-state index contributed by atoms with van der Waals surface area (Å²) < 4.78 is 4.83. The third-order valence-electron chi connectivity index (χ3n) is 8.76. The first kappa shape index (κ1) is 23.1. The van der Waals surface area contributed by atoms with Gasteiger partial charge in [-0.05, 0) is 66.4 Å². The molecule has 0 saturated heterocycles. The first-order valence-electron chi connectivity index (χ1n) is 14.2. The number of allylic oxidation sites excluding steroid dienone is 4. The molecule has 2 aromatic heterocycles. The molecule has 2 unspecified atom stereocenters. The molecule has 0 saturated carbocycles. The molecule has 2 nitrogen and oxygen atoms in total. The van der Waals surface area contributed by atoms with Crippen molar-refractivity contribution in [2.45, 2.75) is 19.8 Å². The van der Waals surface area contributed by atoms with Gasteiger partial charge in [-0.15, -0.1) is 0 Å². The number of para-hydroxylation sites is 4. The number of nitrogens with zero attached hydrogens (tertiary/aromatic N) is 2. The molecule has 0 fully saturated rings. The summed E-state index contributed by atoms with van der Waals surface area (Å²) in [5.41, 5.74) is 10.2. The molecule has 0 radical (unpaired) electrons. The van der Waals surface area contributed by atoms with Gasteiger partial charge >= 0.3 is 0 Å². The summed E-state index contributed by atoms with van der Waals surface area (Å²) in [6, 6.07) is 41.9. The van der Waals surface area contributed by atoms with Gasteiger partial charge in [0.15, 0.2) is 0 Å². The zero-order chi connectivity index (χ0) is 26.8. The van der Waals surface area contributed by atoms with Crippen LogP contribution in [0.1, 0.15) is 24.0 Å². The van der Waals surface area contributed by atoms with Crippen LogP contribution >= 0.6 is 0 Å². The van der Waals surface area contributed by atoms with E-state index in [1.54, 1.807) is 0 Å². The van der Waals surface area contributed by atoms with Gasteiger partial charge in [-0.3, -0.25) is 0 Å². The van der Waals surface area contributed by atoms with Crippen LogP contribution < -0.4 is 0 Å². The monoisotopic (exact) mass is 514 g/mol. The number of aromatic nitrogens is 2. The average Bonchev–Trinajstić information content (AvgIpc) is 3.51. The minimum absolute atomic E-state index is 0.337. The Balaban J connectivity index is 1.19. The quantitative estimate of drug-likeness (QED) is 0.222. The minimum atomic E-state index is 0.337. The second-order valence-electron chi connectivity index (χ2n) is 11.1. The fourth-order valence-corrected chi connectivity index (χ4v) is 6.92. The number of rotatable bonds is 3. The van der Waals surface area contributed by atoms with E-state index in [1.165, 1.54) is 66.1 Å². The molecule has 2 heterocycles. The molecule has 2 atom stereocenters. The highest BCUT2D eigenvalue weighted by atomic mass is 15.0. The Morgan fingerprint density at radius 2 is 1.02 bits per heavy atom. The average molecular weight is 515 g/mol. The van der Waals surface area contributed by atoms with Crippen LogP contribution in [0.15, 0.2) is 133 Å². The normalized spacial score (nSPS) is 17.3. The first-order valence-corrected chi connectivity index (χ1v) is 14.2. The number of benzene rings is 5. The molecular weight excluding hydrogens is 484 g/mol. The Labute approximate surface area is 234 Å². The van der Waals surface area contributed by atoms with E-state index in [-0.39, 0.29) is 0 Å². The molecule has 1 aliphatic carbocycles. The molecule has 40 heavy (non-hydrogen) atoms. The van der Waals surface area contributed by atoms with Crippen LogP contribution in [0, 0.1) is 12.8 Å². The number of hydrogen-bond acceptors (Lipinski definition) is 0. The van der Waals surface area contributed by atoms with Gasteiger partial charge < -0.3 is 9.13 Å². The predicted octanol–water partition coefficient (Wildman–Crippen LogP) is 10.0. The molecule has 0 spiro atoms. The summed E-state index contributed by atoms with van der Waals surface area (Å²) in [5, 5.41) is 5.20. The number of hydrogen-bond donors (Lipinski definition) is 0. The van der Waals surface area contributed by atoms with Crippen molar-refractivity contribution in [3.8, 4) is 5.69 Å². The zero-order valence-corrected chi connectivity index (χ0v) is 22.8. The molecule has 7 aromatic rings. The van der Waals surface area contributed by atoms with E-state index in [0.29, 0.717) is 11.8 Å². The summed E-state index contributed by atoms with van der Waals surface area (Å²) in [4.78, 5) is 0. The van der Waals surface area contributed by atoms with E-state index in [1.807, 2.05) is 0 Å². The van der Waals surface area contributed by atoms with E-state index in [9.17, 15) is 0 Å². The largest absolute Gasteiger partial charge is 0.310 e. The lowest BCUT2D eigenvalue weighted by atomic mass is 9.81. The number of aryl methyl sites for hydroxylation is 1. The first-order chi connectivity index (χ1) is 19.7. The SMILES string of the molecule is Cc1cc(-n2c3ccccc3c3ccccc32)ccc1C1C=CC(n2c3ccccc3c3ccccc32)=CC1C. The van der Waals surface area contributed by atoms with Gasteiger partial charge in [0.1, 0.15) is 0 Å². The van der Waals surface area contributed by atoms with Gasteiger partial charge in [-0.1, -0.05) is 97.9 Å². The maximum atomic E-state index is 2.45. The molecule has 192 valence electrons. The van der Waals surface area contributed by atoms with Gasteiger partial charge in [0.2, 0.25) is 0 Å². The maximum absolute atomic E-state index is 2.45. The molecule has 8 rings (SSSR count). The van der Waals surface area contributed by atoms with E-state index >= 15 is 0 Å². The highest BCUT2D eigenvalue weighted by molar-refractivity contribution is 6.11. The summed E-state index contributed by atoms with van der Waals surface area (Å²) >= 11 is 0. The van der Waals surface area contributed by atoms with Crippen molar-refractivity contribution in [1.82, 2.24) is 9.13 Å². The van der Waals surface area contributed by atoms with Crippen LogP contribution in [0.3, 0.4) is 0 Å². The Kier molecular flexibility index (Phi) is 5.12. The third kappa shape index (κ3) is 3.36. The lowest BCUT2D eigenvalue weighted by Gasteiger charge is -2.26. The zero-order valence-electron chi connectivity index (χ0n) is 22.8. The van der Waals surface area contributed by atoms with Crippen molar-refractivity contribution < 1.29 is 0 Å². The predicted molar refractivity (Wildman–Crippen MR) is 170 cm³/mol. The summed E-state index contributed by atoms with van der Waals surface area (Å²) in [6.07, 6.45) is 7.18. The van der Waals surface area contributed by atoms with E-state index in [0.717, 1.165) is 0 Å². The van der Waals surface area contributed by atoms with Crippen LogP contribution in [0.25, 0.3) is 55.0 Å². The standard InChI is InChI=1S/C38H30N2/c1-25-23-27(39-35-15-7-3-11-31(35)32-12-4-8-16-36(32)39)19-21-29(25)30-22-20-28(24-26(30)2)40-37-17-9-5-13-33(37)34-14-6-10-18-38(34)40/h3-25,29H,1-2H3. The van der Waals surface area contributed by atoms with Crippen LogP contribution in [0.2, 0.25) is 0 Å². The minimum Gasteiger partial charge on any atom is -0.310 e. The summed E-state index contributed by atoms with van der Waals surface area (Å²) in [7, 11) is 0. The fraction of sp³-hybridized carbons (Fsp3) is 0.105. The highest BCUT2D eigenvalue weighted by Gasteiger charge is 2.23. The highest BCUT2D eigenvalue weighted by Crippen LogP contribution is 2.39. The Morgan fingerprint density at radius 1 is 0.550 bits per heavy atom. The number of fused-ring (bicyclic) bond motifs is 6. The van der Waals surface area contributed by atoms with Crippen LogP contribution in [0.5, 0.6) is 0 Å². The Bertz CT molecular complexity index is 2040. The van der Waals surface area contributed by atoms with Crippen LogP contribution in [-0.4, -0.2) is 9.13 Å². The van der Waals surface area contributed by atoms with Crippen LogP contribution in [-0.2, 0) is 0 Å². The van der Waals surface area contributed by atoms with Gasteiger partial charge in [-0.25, -0.2) is 0 Å². The van der Waals surface area contributed by atoms with Crippen molar-refractivity contribution in [2.24, 2.45) is 5.92 Å². The fourth-order valence-electron chi connectivity index (χ4n) is 6.92. The topological polar surface area (TPSA) is 9.86 Å².